The van der Waals surface area contributed by atoms with Crippen molar-refractivity contribution in [3.8, 4) is 11.1 Å². The van der Waals surface area contributed by atoms with E-state index in [-0.39, 0.29) is 47.9 Å². The zero-order chi connectivity index (χ0) is 31.2. The van der Waals surface area contributed by atoms with E-state index in [9.17, 15) is 14.4 Å². The molecule has 1 aromatic carbocycles. The van der Waals surface area contributed by atoms with Gasteiger partial charge in [0, 0.05) is 61.5 Å². The molecule has 1 saturated carbocycles. The predicted molar refractivity (Wildman–Crippen MR) is 165 cm³/mol. The molecule has 3 atom stereocenters. The molecule has 1 aliphatic heterocycles. The fourth-order valence-corrected chi connectivity index (χ4v) is 6.55. The minimum absolute atomic E-state index is 0.135. The monoisotopic (exact) mass is 661 g/mol. The lowest BCUT2D eigenvalue weighted by atomic mass is 10.00. The molecule has 44 heavy (non-hydrogen) atoms. The number of Topliss-reactive ketones (excluding diaryl/α,β-unsaturated/α-hetero) is 1. The molecule has 1 saturated heterocycles. The van der Waals surface area contributed by atoms with E-state index in [1.165, 1.54) is 6.92 Å². The number of anilines is 1. The smallest absolute Gasteiger partial charge is 0.248 e. The molecule has 1 aliphatic carbocycles. The first kappa shape index (κ1) is 30.0. The molecule has 0 spiro atoms. The number of aromatic nitrogens is 5. The van der Waals surface area contributed by atoms with E-state index >= 15 is 0 Å². The van der Waals surface area contributed by atoms with Gasteiger partial charge in [0.1, 0.15) is 34.5 Å². The number of nitrogens with one attached hydrogen (secondary N) is 1. The minimum atomic E-state index is -0.727. The number of carbonyl (C=O) groups is 3. The Morgan fingerprint density at radius 2 is 1.84 bits per heavy atom. The van der Waals surface area contributed by atoms with E-state index in [1.807, 2.05) is 31.2 Å². The van der Waals surface area contributed by atoms with Crippen molar-refractivity contribution in [1.82, 2.24) is 29.6 Å². The van der Waals surface area contributed by atoms with Crippen LogP contribution in [0.3, 0.4) is 0 Å². The molecule has 2 fully saturated rings. The molecular weight excluding hydrogens is 630 g/mol. The molecule has 3 aromatic heterocycles. The number of carbonyl (C=O) groups excluding carboxylic acids is 3. The van der Waals surface area contributed by atoms with Crippen LogP contribution in [0.15, 0.2) is 47.3 Å². The van der Waals surface area contributed by atoms with Crippen LogP contribution in [0.4, 0.5) is 5.82 Å². The Kier molecular flexibility index (Phi) is 8.03. The van der Waals surface area contributed by atoms with E-state index in [2.05, 4.69) is 41.3 Å². The van der Waals surface area contributed by atoms with Crippen LogP contribution in [0.1, 0.15) is 41.6 Å². The van der Waals surface area contributed by atoms with Gasteiger partial charge in [0.2, 0.25) is 11.8 Å². The van der Waals surface area contributed by atoms with Crippen LogP contribution in [0.5, 0.6) is 0 Å². The van der Waals surface area contributed by atoms with E-state index in [0.29, 0.717) is 45.7 Å². The topological polar surface area (TPSA) is 141 Å². The van der Waals surface area contributed by atoms with Crippen LogP contribution < -0.4 is 5.32 Å². The Labute approximate surface area is 262 Å². The Morgan fingerprint density at radius 1 is 1.07 bits per heavy atom. The van der Waals surface area contributed by atoms with Crippen LogP contribution >= 0.6 is 15.9 Å². The molecule has 12 nitrogen and oxygen atoms in total. The lowest BCUT2D eigenvalue weighted by Crippen LogP contribution is -2.47. The van der Waals surface area contributed by atoms with E-state index < -0.39 is 6.04 Å². The normalized spacial score (nSPS) is 20.5. The summed E-state index contributed by atoms with van der Waals surface area (Å²) in [5.41, 5.74) is 2.98. The van der Waals surface area contributed by atoms with Crippen molar-refractivity contribution in [2.75, 3.05) is 26.1 Å². The third-order valence-corrected chi connectivity index (χ3v) is 8.85. The van der Waals surface area contributed by atoms with Gasteiger partial charge in [-0.05, 0) is 59.5 Å². The number of fused-ring (bicyclic) bond motifs is 2. The maximum Gasteiger partial charge on any atom is 0.248 e. The summed E-state index contributed by atoms with van der Waals surface area (Å²) >= 11 is 3.37. The van der Waals surface area contributed by atoms with Gasteiger partial charge in [-0.1, -0.05) is 12.1 Å². The number of rotatable bonds is 10. The van der Waals surface area contributed by atoms with Gasteiger partial charge in [-0.25, -0.2) is 15.0 Å². The summed E-state index contributed by atoms with van der Waals surface area (Å²) in [6.07, 6.45) is 4.68. The second kappa shape index (κ2) is 11.8. The number of hydrogen-bond donors (Lipinski definition) is 1. The molecule has 0 radical (unpaired) electrons. The summed E-state index contributed by atoms with van der Waals surface area (Å²) in [6, 6.07) is 8.34. The van der Waals surface area contributed by atoms with E-state index in [4.69, 9.17) is 9.47 Å². The predicted octanol–water partition coefficient (Wildman–Crippen LogP) is 3.95. The number of pyridine rings is 1. The summed E-state index contributed by atoms with van der Waals surface area (Å²) < 4.78 is 12.9. The molecule has 6 rings (SSSR count). The zero-order valence-corrected chi connectivity index (χ0v) is 26.4. The van der Waals surface area contributed by atoms with Crippen LogP contribution in [-0.4, -0.2) is 80.1 Å². The molecule has 4 aromatic rings. The number of ether oxygens (including phenoxy) is 2. The van der Waals surface area contributed by atoms with Crippen LogP contribution in [0.25, 0.3) is 22.0 Å². The summed E-state index contributed by atoms with van der Waals surface area (Å²) in [7, 11) is 3.20. The quantitative estimate of drug-likeness (QED) is 0.197. The third kappa shape index (κ3) is 5.51. The van der Waals surface area contributed by atoms with Crippen molar-refractivity contribution in [2.24, 2.45) is 5.41 Å². The highest BCUT2D eigenvalue weighted by atomic mass is 79.9. The molecule has 2 aliphatic rings. The SMILES string of the molecule is COCc1ccc(Br)nc1NC(=O)[C@@H]1C[C@@]2(COC)CC2N1C(=O)Cn1nc(C(C)=O)c2cc(-c3cnc(C)nc3)ccc21. The first-order valence-corrected chi connectivity index (χ1v) is 15.0. The molecule has 0 bridgehead atoms. The number of likely N-dealkylation sites (tertiary alicyclic amines) is 1. The standard InChI is InChI=1S/C31H32BrN7O5/c1-17(40)28-22-9-19(21-12-33-18(2)34-13-21)5-7-23(22)38(37-28)14-27(41)39-24(10-31(16-44-4)11-25(31)39)30(42)36-29-20(15-43-3)6-8-26(32)35-29/h5-9,12-13,24-25H,10-11,14-16H2,1-4H3,(H,35,36,42)/t24-,25?,31-/m0/s1. The van der Waals surface area contributed by atoms with E-state index in [0.717, 1.165) is 17.5 Å². The van der Waals surface area contributed by atoms with Crippen molar-refractivity contribution in [2.45, 2.75) is 51.9 Å². The number of benzene rings is 1. The van der Waals surface area contributed by atoms with Gasteiger partial charge in [-0.3, -0.25) is 19.1 Å². The fourth-order valence-electron chi connectivity index (χ4n) is 6.24. The lowest BCUT2D eigenvalue weighted by molar-refractivity contribution is -0.138. The van der Waals surface area contributed by atoms with Gasteiger partial charge in [0.25, 0.3) is 0 Å². The number of piperidine rings is 1. The number of amides is 2. The number of methoxy groups -OCH3 is 2. The second-order valence-corrected chi connectivity index (χ2v) is 12.2. The largest absolute Gasteiger partial charge is 0.384 e. The van der Waals surface area contributed by atoms with Crippen molar-refractivity contribution < 1.29 is 23.9 Å². The fraction of sp³-hybridized carbons (Fsp3) is 0.387. The molecule has 1 unspecified atom stereocenters. The van der Waals surface area contributed by atoms with Crippen molar-refractivity contribution in [3.05, 3.63) is 64.4 Å². The van der Waals surface area contributed by atoms with Crippen molar-refractivity contribution in [1.29, 1.82) is 0 Å². The van der Waals surface area contributed by atoms with Gasteiger partial charge in [-0.15, -0.1) is 0 Å². The number of nitrogens with zero attached hydrogens (tertiary/aromatic N) is 6. The molecule has 228 valence electrons. The molecule has 13 heteroatoms. The molecule has 4 heterocycles. The maximum absolute atomic E-state index is 14.0. The Balaban J connectivity index is 1.30. The summed E-state index contributed by atoms with van der Waals surface area (Å²) in [4.78, 5) is 55.0. The van der Waals surface area contributed by atoms with Crippen LogP contribution in [0.2, 0.25) is 0 Å². The van der Waals surface area contributed by atoms with Gasteiger partial charge >= 0.3 is 0 Å². The van der Waals surface area contributed by atoms with Crippen LogP contribution in [0, 0.1) is 12.3 Å². The van der Waals surface area contributed by atoms with Gasteiger partial charge in [-0.2, -0.15) is 5.10 Å². The highest BCUT2D eigenvalue weighted by molar-refractivity contribution is 9.10. The average molecular weight is 663 g/mol. The highest BCUT2D eigenvalue weighted by Gasteiger charge is 2.67. The van der Waals surface area contributed by atoms with Gasteiger partial charge < -0.3 is 19.7 Å². The van der Waals surface area contributed by atoms with Crippen molar-refractivity contribution >= 4 is 50.2 Å². The lowest BCUT2D eigenvalue weighted by Gasteiger charge is -2.27. The average Bonchev–Trinajstić information content (AvgIpc) is 3.40. The number of ketones is 1. The maximum atomic E-state index is 14.0. The number of aryl methyl sites for hydroxylation is 1. The van der Waals surface area contributed by atoms with Gasteiger partial charge in [0.05, 0.1) is 18.7 Å². The van der Waals surface area contributed by atoms with Crippen LogP contribution in [-0.2, 0) is 32.2 Å². The molecular formula is C31H32BrN7O5. The zero-order valence-electron chi connectivity index (χ0n) is 24.8. The minimum Gasteiger partial charge on any atom is -0.384 e. The molecule has 1 N–H and O–H groups in total. The second-order valence-electron chi connectivity index (χ2n) is 11.4. The summed E-state index contributed by atoms with van der Waals surface area (Å²) in [5.74, 6) is 0.225. The Hall–Kier alpha value is -4.07. The Morgan fingerprint density at radius 3 is 2.55 bits per heavy atom. The highest BCUT2D eigenvalue weighted by Crippen LogP contribution is 2.59. The Bertz CT molecular complexity index is 1780. The van der Waals surface area contributed by atoms with Gasteiger partial charge in [0.15, 0.2) is 5.78 Å². The number of halogens is 1. The van der Waals surface area contributed by atoms with E-state index in [1.54, 1.807) is 42.3 Å². The summed E-state index contributed by atoms with van der Waals surface area (Å²) in [6.45, 7) is 3.84. The van der Waals surface area contributed by atoms with Crippen molar-refractivity contribution in [3.63, 3.8) is 0 Å². The first-order chi connectivity index (χ1) is 21.1. The first-order valence-electron chi connectivity index (χ1n) is 14.2. The third-order valence-electron chi connectivity index (χ3n) is 8.41. The number of hydrogen-bond acceptors (Lipinski definition) is 9. The summed E-state index contributed by atoms with van der Waals surface area (Å²) in [5, 5.41) is 8.11. The molecule has 2 amide bonds.